The summed E-state index contributed by atoms with van der Waals surface area (Å²) in [7, 11) is 0. The molecule has 4 nitrogen and oxygen atoms in total. The van der Waals surface area contributed by atoms with Crippen molar-refractivity contribution in [3.05, 3.63) is 29.6 Å². The number of carboxylic acid groups (broad SMARTS) is 1. The van der Waals surface area contributed by atoms with Crippen LogP contribution in [0.5, 0.6) is 0 Å². The smallest absolute Gasteiger partial charge is 0.338 e. The lowest BCUT2D eigenvalue weighted by molar-refractivity contribution is 0.0692. The molecule has 1 aromatic rings. The molecule has 0 fully saturated rings. The summed E-state index contributed by atoms with van der Waals surface area (Å²) in [6, 6.07) is 3.18. The molecule has 0 aromatic heterocycles. The molecule has 0 atom stereocenters. The molecule has 0 aliphatic carbocycles. The van der Waals surface area contributed by atoms with E-state index in [9.17, 15) is 9.18 Å². The van der Waals surface area contributed by atoms with Crippen molar-refractivity contribution in [3.63, 3.8) is 0 Å². The minimum Gasteiger partial charge on any atom is -0.478 e. The molecule has 0 aliphatic rings. The fraction of sp³-hybridized carbons (Fsp3) is 0. The van der Waals surface area contributed by atoms with Gasteiger partial charge >= 0.3 is 5.97 Å². The molecule has 0 unspecified atom stereocenters. The second-order valence-electron chi connectivity index (χ2n) is 2.11. The van der Waals surface area contributed by atoms with Crippen molar-refractivity contribution in [1.82, 2.24) is 0 Å². The van der Waals surface area contributed by atoms with Crippen molar-refractivity contribution in [1.29, 1.82) is 0 Å². The van der Waals surface area contributed by atoms with Gasteiger partial charge in [-0.15, -0.1) is 0 Å². The topological polar surface area (TPSA) is 69.6 Å². The van der Waals surface area contributed by atoms with Crippen LogP contribution in [0.3, 0.4) is 0 Å². The summed E-state index contributed by atoms with van der Waals surface area (Å²) >= 11 is 0. The molecule has 3 N–H and O–H groups in total. The van der Waals surface area contributed by atoms with Gasteiger partial charge in [0, 0.05) is 0 Å². The van der Waals surface area contributed by atoms with E-state index in [1.807, 2.05) is 0 Å². The monoisotopic (exact) mass is 171 g/mol. The van der Waals surface area contributed by atoms with Crippen molar-refractivity contribution < 1.29 is 19.5 Å². The lowest BCUT2D eigenvalue weighted by atomic mass is 10.2. The zero-order chi connectivity index (χ0) is 9.14. The summed E-state index contributed by atoms with van der Waals surface area (Å²) in [4.78, 5) is 10.3. The van der Waals surface area contributed by atoms with Crippen LogP contribution in [0.4, 0.5) is 10.1 Å². The van der Waals surface area contributed by atoms with Gasteiger partial charge in [0.25, 0.3) is 0 Å². The van der Waals surface area contributed by atoms with Gasteiger partial charge in [0.1, 0.15) is 5.82 Å². The number of anilines is 1. The van der Waals surface area contributed by atoms with Gasteiger partial charge < -0.3 is 5.11 Å². The van der Waals surface area contributed by atoms with Gasteiger partial charge in [-0.2, -0.15) is 0 Å². The predicted molar refractivity (Wildman–Crippen MR) is 38.8 cm³/mol. The average molecular weight is 171 g/mol. The molecule has 0 heterocycles. The van der Waals surface area contributed by atoms with Crippen molar-refractivity contribution in [3.8, 4) is 0 Å². The number of hydrogen-bond donors (Lipinski definition) is 3. The van der Waals surface area contributed by atoms with Gasteiger partial charge in [-0.25, -0.2) is 9.18 Å². The summed E-state index contributed by atoms with van der Waals surface area (Å²) in [5.41, 5.74) is 1.37. The Morgan fingerprint density at radius 3 is 2.67 bits per heavy atom. The Bertz CT molecular complexity index is 314. The van der Waals surface area contributed by atoms with Crippen molar-refractivity contribution in [2.45, 2.75) is 0 Å². The maximum Gasteiger partial charge on any atom is 0.338 e. The number of nitrogens with one attached hydrogen (secondary N) is 1. The predicted octanol–water partition coefficient (Wildman–Crippen LogP) is 1.32. The summed E-state index contributed by atoms with van der Waals surface area (Å²) in [6.45, 7) is 0. The fourth-order valence-electron chi connectivity index (χ4n) is 0.759. The lowest BCUT2D eigenvalue weighted by Crippen LogP contribution is -2.01. The first-order valence-corrected chi connectivity index (χ1v) is 3.08. The minimum absolute atomic E-state index is 0.133. The highest BCUT2D eigenvalue weighted by atomic mass is 19.1. The number of halogens is 1. The maximum atomic E-state index is 12.7. The highest BCUT2D eigenvalue weighted by Crippen LogP contribution is 2.13. The number of hydrogen-bond acceptors (Lipinski definition) is 3. The first-order valence-electron chi connectivity index (χ1n) is 3.08. The first kappa shape index (κ1) is 8.48. The summed E-state index contributed by atoms with van der Waals surface area (Å²) < 4.78 is 12.7. The maximum absolute atomic E-state index is 12.7. The number of aromatic carboxylic acids is 1. The van der Waals surface area contributed by atoms with Crippen molar-refractivity contribution >= 4 is 11.7 Å². The third-order valence-corrected chi connectivity index (χ3v) is 1.33. The van der Waals surface area contributed by atoms with E-state index < -0.39 is 17.3 Å². The van der Waals surface area contributed by atoms with E-state index in [0.717, 1.165) is 12.1 Å². The number of carbonyl (C=O) groups is 1. The van der Waals surface area contributed by atoms with Crippen LogP contribution >= 0.6 is 0 Å². The van der Waals surface area contributed by atoms with Gasteiger partial charge in [-0.3, -0.25) is 10.7 Å². The molecule has 64 valence electrons. The minimum atomic E-state index is -1.37. The number of rotatable bonds is 2. The largest absolute Gasteiger partial charge is 0.478 e. The van der Waals surface area contributed by atoms with E-state index in [1.165, 1.54) is 6.07 Å². The second kappa shape index (κ2) is 3.19. The molecule has 0 saturated heterocycles. The van der Waals surface area contributed by atoms with Gasteiger partial charge in [-0.05, 0) is 18.2 Å². The molecular weight excluding hydrogens is 165 g/mol. The average Bonchev–Trinajstić information content (AvgIpc) is 2.05. The lowest BCUT2D eigenvalue weighted by Gasteiger charge is -2.00. The fourth-order valence-corrected chi connectivity index (χ4v) is 0.759. The summed E-state index contributed by atoms with van der Waals surface area (Å²) in [6.07, 6.45) is 0. The molecule has 0 amide bonds. The van der Waals surface area contributed by atoms with Crippen LogP contribution in [-0.2, 0) is 0 Å². The van der Waals surface area contributed by atoms with E-state index in [2.05, 4.69) is 0 Å². The molecule has 0 radical (unpaired) electrons. The van der Waals surface area contributed by atoms with Crippen LogP contribution in [0.1, 0.15) is 10.4 Å². The van der Waals surface area contributed by atoms with Gasteiger partial charge in [0.05, 0.1) is 11.3 Å². The summed E-state index contributed by atoms with van der Waals surface area (Å²) in [5.74, 6) is -2.20. The van der Waals surface area contributed by atoms with Crippen LogP contribution in [-0.4, -0.2) is 16.3 Å². The van der Waals surface area contributed by atoms with Crippen molar-refractivity contribution in [2.24, 2.45) is 0 Å². The molecule has 1 rings (SSSR count). The zero-order valence-electron chi connectivity index (χ0n) is 5.91. The van der Waals surface area contributed by atoms with E-state index in [0.29, 0.717) is 0 Å². The van der Waals surface area contributed by atoms with E-state index >= 15 is 0 Å². The second-order valence-corrected chi connectivity index (χ2v) is 2.11. The van der Waals surface area contributed by atoms with E-state index in [4.69, 9.17) is 10.3 Å². The Balaban J connectivity index is 3.17. The van der Waals surface area contributed by atoms with Gasteiger partial charge in [0.15, 0.2) is 0 Å². The standard InChI is InChI=1S/C7H6FNO3/c8-6-2-1-4(9-12)3-5(6)7(10)11/h1-3,9,12H,(H,10,11). The Hall–Kier alpha value is -1.62. The quantitative estimate of drug-likeness (QED) is 0.587. The molecule has 0 bridgehead atoms. The molecular formula is C7H6FNO3. The Morgan fingerprint density at radius 2 is 2.17 bits per heavy atom. The van der Waals surface area contributed by atoms with Crippen LogP contribution in [0.15, 0.2) is 18.2 Å². The third-order valence-electron chi connectivity index (χ3n) is 1.33. The molecule has 1 aromatic carbocycles. The number of carboxylic acids is 1. The highest BCUT2D eigenvalue weighted by molar-refractivity contribution is 5.89. The Labute approximate surface area is 67.2 Å². The normalized spacial score (nSPS) is 9.50. The van der Waals surface area contributed by atoms with Crippen LogP contribution in [0, 0.1) is 5.82 Å². The Kier molecular flexibility index (Phi) is 2.25. The van der Waals surface area contributed by atoms with Gasteiger partial charge in [0.2, 0.25) is 0 Å². The van der Waals surface area contributed by atoms with E-state index in [-0.39, 0.29) is 5.69 Å². The third kappa shape index (κ3) is 1.51. The van der Waals surface area contributed by atoms with Crippen LogP contribution in [0.25, 0.3) is 0 Å². The molecule has 0 aliphatic heterocycles. The highest BCUT2D eigenvalue weighted by Gasteiger charge is 2.09. The summed E-state index contributed by atoms with van der Waals surface area (Å²) in [5, 5.41) is 16.8. The molecule has 5 heteroatoms. The van der Waals surface area contributed by atoms with Crippen LogP contribution < -0.4 is 5.48 Å². The van der Waals surface area contributed by atoms with Crippen LogP contribution in [0.2, 0.25) is 0 Å². The molecule has 0 saturated carbocycles. The van der Waals surface area contributed by atoms with Gasteiger partial charge in [-0.1, -0.05) is 0 Å². The number of benzene rings is 1. The Morgan fingerprint density at radius 1 is 1.50 bits per heavy atom. The molecule has 12 heavy (non-hydrogen) atoms. The van der Waals surface area contributed by atoms with E-state index in [1.54, 1.807) is 5.48 Å². The first-order chi connectivity index (χ1) is 5.65. The SMILES string of the molecule is O=C(O)c1cc(NO)ccc1F. The van der Waals surface area contributed by atoms with Crippen molar-refractivity contribution in [2.75, 3.05) is 5.48 Å². The molecule has 0 spiro atoms. The zero-order valence-corrected chi connectivity index (χ0v) is 5.91.